The number of ether oxygens (including phenoxy) is 3. The van der Waals surface area contributed by atoms with Crippen LogP contribution in [-0.4, -0.2) is 37.2 Å². The van der Waals surface area contributed by atoms with Gasteiger partial charge in [-0.15, -0.1) is 0 Å². The topological polar surface area (TPSA) is 78.9 Å². The van der Waals surface area contributed by atoms with Crippen molar-refractivity contribution in [2.75, 3.05) is 13.2 Å². The molecule has 410 valence electrons. The third-order valence-electron chi connectivity index (χ3n) is 13.2. The third-order valence-corrected chi connectivity index (χ3v) is 13.2. The van der Waals surface area contributed by atoms with Crippen molar-refractivity contribution in [3.63, 3.8) is 0 Å². The van der Waals surface area contributed by atoms with Gasteiger partial charge in [0.25, 0.3) is 0 Å². The van der Waals surface area contributed by atoms with Crippen LogP contribution in [0.3, 0.4) is 0 Å². The monoisotopic (exact) mass is 991 g/mol. The molecule has 0 spiro atoms. The highest BCUT2D eigenvalue weighted by molar-refractivity contribution is 5.71. The van der Waals surface area contributed by atoms with Gasteiger partial charge >= 0.3 is 17.9 Å². The minimum atomic E-state index is -0.782. The Morgan fingerprint density at radius 1 is 0.296 bits per heavy atom. The minimum Gasteiger partial charge on any atom is -0.462 e. The van der Waals surface area contributed by atoms with Crippen LogP contribution in [0.1, 0.15) is 303 Å². The van der Waals surface area contributed by atoms with E-state index in [0.29, 0.717) is 19.3 Å². The molecule has 0 rings (SSSR count). The molecule has 0 N–H and O–H groups in total. The van der Waals surface area contributed by atoms with Crippen LogP contribution in [-0.2, 0) is 28.6 Å². The number of hydrogen-bond acceptors (Lipinski definition) is 6. The fourth-order valence-electron chi connectivity index (χ4n) is 8.68. The lowest BCUT2D eigenvalue weighted by Crippen LogP contribution is -2.30. The van der Waals surface area contributed by atoms with E-state index >= 15 is 0 Å². The van der Waals surface area contributed by atoms with Gasteiger partial charge in [-0.2, -0.15) is 0 Å². The highest BCUT2D eigenvalue weighted by Crippen LogP contribution is 2.17. The van der Waals surface area contributed by atoms with Gasteiger partial charge in [0, 0.05) is 19.3 Å². The zero-order valence-corrected chi connectivity index (χ0v) is 47.0. The summed E-state index contributed by atoms with van der Waals surface area (Å²) >= 11 is 0. The number of carbonyl (C=O) groups is 3. The molecular formula is C65H114O6. The maximum atomic E-state index is 12.9. The molecule has 0 aliphatic rings. The Morgan fingerprint density at radius 3 is 0.859 bits per heavy atom. The third kappa shape index (κ3) is 57.6. The average Bonchev–Trinajstić information content (AvgIpc) is 3.37. The Kier molecular flexibility index (Phi) is 56.8. The molecule has 0 aromatic carbocycles. The first-order valence-corrected chi connectivity index (χ1v) is 30.4. The zero-order chi connectivity index (χ0) is 51.4. The molecule has 1 unspecified atom stereocenters. The van der Waals surface area contributed by atoms with E-state index in [-0.39, 0.29) is 31.1 Å². The second-order valence-electron chi connectivity index (χ2n) is 20.2. The van der Waals surface area contributed by atoms with Gasteiger partial charge in [0.1, 0.15) is 13.2 Å². The Hall–Kier alpha value is -3.15. The number of carbonyl (C=O) groups excluding carboxylic acids is 3. The maximum absolute atomic E-state index is 12.9. The minimum absolute atomic E-state index is 0.0805. The Bertz CT molecular complexity index is 1320. The standard InChI is InChI=1S/C65H114O6/c1-4-7-10-13-16-19-21-23-25-27-29-31-33-35-36-38-40-42-44-46-49-52-55-58-64(67)70-61-62(60-69-63(66)57-54-51-48-18-15-12-9-6-3)71-65(68)59-56-53-50-47-45-43-41-39-37-34-32-30-28-26-24-22-20-17-14-11-8-5-2/h7,10,16,19,23,25,29,31,35-36,40,42,62H,4-6,8-9,11-15,17-18,20-22,24,26-28,30,32-34,37-39,41,43-61H2,1-3H3/b10-7-,19-16-,25-23-,31-29-,36-35-,42-40-. The molecule has 71 heavy (non-hydrogen) atoms. The van der Waals surface area contributed by atoms with Crippen LogP contribution in [0.5, 0.6) is 0 Å². The van der Waals surface area contributed by atoms with Crippen LogP contribution in [0.2, 0.25) is 0 Å². The van der Waals surface area contributed by atoms with Crippen molar-refractivity contribution in [3.8, 4) is 0 Å². The van der Waals surface area contributed by atoms with E-state index in [0.717, 1.165) is 109 Å². The molecule has 0 aromatic heterocycles. The molecule has 0 aromatic rings. The fraction of sp³-hybridized carbons (Fsp3) is 0.769. The quantitative estimate of drug-likeness (QED) is 0.0261. The van der Waals surface area contributed by atoms with E-state index in [1.807, 2.05) is 0 Å². The van der Waals surface area contributed by atoms with Gasteiger partial charge in [-0.25, -0.2) is 0 Å². The predicted molar refractivity (Wildman–Crippen MR) is 307 cm³/mol. The lowest BCUT2D eigenvalue weighted by Gasteiger charge is -2.18. The van der Waals surface area contributed by atoms with Gasteiger partial charge in [-0.05, 0) is 70.6 Å². The molecule has 0 aliphatic heterocycles. The maximum Gasteiger partial charge on any atom is 0.306 e. The molecule has 0 aliphatic carbocycles. The number of esters is 3. The normalized spacial score (nSPS) is 12.5. The van der Waals surface area contributed by atoms with Crippen molar-refractivity contribution in [2.24, 2.45) is 0 Å². The SMILES string of the molecule is CC/C=C\C/C=C\C/C=C\C/C=C\C/C=C\C/C=C\CCCCCCC(=O)OCC(COC(=O)CCCCCCCCCC)OC(=O)CCCCCCCCCCCCCCCCCCCCCCCC. The number of rotatable bonds is 55. The van der Waals surface area contributed by atoms with E-state index in [1.54, 1.807) is 0 Å². The van der Waals surface area contributed by atoms with E-state index in [4.69, 9.17) is 14.2 Å². The number of allylic oxidation sites excluding steroid dienone is 12. The van der Waals surface area contributed by atoms with Crippen molar-refractivity contribution in [1.82, 2.24) is 0 Å². The first-order valence-electron chi connectivity index (χ1n) is 30.4. The summed E-state index contributed by atoms with van der Waals surface area (Å²) in [4.78, 5) is 38.1. The second kappa shape index (κ2) is 59.4. The van der Waals surface area contributed by atoms with Crippen molar-refractivity contribution in [3.05, 3.63) is 72.9 Å². The highest BCUT2D eigenvalue weighted by Gasteiger charge is 2.19. The number of unbranched alkanes of at least 4 members (excludes halogenated alkanes) is 32. The largest absolute Gasteiger partial charge is 0.462 e. The predicted octanol–water partition coefficient (Wildman–Crippen LogP) is 20.5. The van der Waals surface area contributed by atoms with Gasteiger partial charge in [0.2, 0.25) is 0 Å². The average molecular weight is 992 g/mol. The molecule has 0 fully saturated rings. The molecule has 0 saturated carbocycles. The summed E-state index contributed by atoms with van der Waals surface area (Å²) in [7, 11) is 0. The van der Waals surface area contributed by atoms with Crippen LogP contribution in [0, 0.1) is 0 Å². The van der Waals surface area contributed by atoms with Crippen LogP contribution >= 0.6 is 0 Å². The van der Waals surface area contributed by atoms with Crippen molar-refractivity contribution >= 4 is 17.9 Å². The Labute approximate surface area is 440 Å². The van der Waals surface area contributed by atoms with Crippen molar-refractivity contribution in [2.45, 2.75) is 309 Å². The van der Waals surface area contributed by atoms with Crippen molar-refractivity contribution in [1.29, 1.82) is 0 Å². The van der Waals surface area contributed by atoms with Crippen LogP contribution in [0.4, 0.5) is 0 Å². The first kappa shape index (κ1) is 67.8. The number of hydrogen-bond donors (Lipinski definition) is 0. The first-order chi connectivity index (χ1) is 35.0. The molecule has 0 amide bonds. The molecular weight excluding hydrogens is 877 g/mol. The summed E-state index contributed by atoms with van der Waals surface area (Å²) in [6.45, 7) is 6.51. The molecule has 0 radical (unpaired) electrons. The summed E-state index contributed by atoms with van der Waals surface area (Å²) in [5.74, 6) is -0.898. The molecule has 6 heteroatoms. The van der Waals surface area contributed by atoms with Gasteiger partial charge in [-0.3, -0.25) is 14.4 Å². The zero-order valence-electron chi connectivity index (χ0n) is 47.0. The van der Waals surface area contributed by atoms with Crippen LogP contribution in [0.25, 0.3) is 0 Å². The summed E-state index contributed by atoms with van der Waals surface area (Å²) in [6, 6.07) is 0. The van der Waals surface area contributed by atoms with E-state index in [2.05, 4.69) is 93.7 Å². The van der Waals surface area contributed by atoms with Gasteiger partial charge in [0.05, 0.1) is 0 Å². The Balaban J connectivity index is 4.24. The van der Waals surface area contributed by atoms with Crippen LogP contribution in [0.15, 0.2) is 72.9 Å². The summed E-state index contributed by atoms with van der Waals surface area (Å²) in [5.41, 5.74) is 0. The molecule has 6 nitrogen and oxygen atoms in total. The fourth-order valence-corrected chi connectivity index (χ4v) is 8.68. The lowest BCUT2D eigenvalue weighted by molar-refractivity contribution is -0.167. The van der Waals surface area contributed by atoms with Gasteiger partial charge in [0.15, 0.2) is 6.10 Å². The van der Waals surface area contributed by atoms with Crippen LogP contribution < -0.4 is 0 Å². The smallest absolute Gasteiger partial charge is 0.306 e. The highest BCUT2D eigenvalue weighted by atomic mass is 16.6. The summed E-state index contributed by atoms with van der Waals surface area (Å²) in [5, 5.41) is 0. The van der Waals surface area contributed by atoms with E-state index in [1.165, 1.54) is 154 Å². The van der Waals surface area contributed by atoms with E-state index in [9.17, 15) is 14.4 Å². The second-order valence-corrected chi connectivity index (χ2v) is 20.2. The van der Waals surface area contributed by atoms with Crippen molar-refractivity contribution < 1.29 is 28.6 Å². The molecule has 0 saturated heterocycles. The lowest BCUT2D eigenvalue weighted by atomic mass is 10.0. The van der Waals surface area contributed by atoms with Gasteiger partial charge in [-0.1, -0.05) is 286 Å². The summed E-state index contributed by atoms with van der Waals surface area (Å²) in [6.07, 6.45) is 76.3. The van der Waals surface area contributed by atoms with Gasteiger partial charge < -0.3 is 14.2 Å². The van der Waals surface area contributed by atoms with E-state index < -0.39 is 6.10 Å². The molecule has 1 atom stereocenters. The summed E-state index contributed by atoms with van der Waals surface area (Å²) < 4.78 is 16.8. The molecule has 0 heterocycles. The molecule has 0 bridgehead atoms. The Morgan fingerprint density at radius 2 is 0.549 bits per heavy atom.